The monoisotopic (exact) mass is 300 g/mol. The van der Waals surface area contributed by atoms with E-state index in [0.717, 1.165) is 5.57 Å². The molecule has 0 atom stereocenters. The van der Waals surface area contributed by atoms with Gasteiger partial charge in [-0.1, -0.05) is 6.08 Å². The molecule has 0 aliphatic carbocycles. The fourth-order valence-corrected chi connectivity index (χ4v) is 2.07. The second-order valence-corrected chi connectivity index (χ2v) is 4.76. The highest BCUT2D eigenvalue weighted by atomic mass is 19.4. The number of aromatic nitrogens is 2. The van der Waals surface area contributed by atoms with E-state index in [1.165, 1.54) is 11.1 Å². The van der Waals surface area contributed by atoms with E-state index >= 15 is 0 Å². The summed E-state index contributed by atoms with van der Waals surface area (Å²) in [6.45, 7) is 0.654. The van der Waals surface area contributed by atoms with E-state index in [0.29, 0.717) is 24.5 Å². The first-order valence-electron chi connectivity index (χ1n) is 6.46. The molecular formula is C13H15F3N4O. The molecule has 1 aliphatic heterocycles. The number of halogens is 3. The molecule has 0 radical (unpaired) electrons. The van der Waals surface area contributed by atoms with Gasteiger partial charge in [0.25, 0.3) is 0 Å². The van der Waals surface area contributed by atoms with Crippen molar-refractivity contribution in [1.82, 2.24) is 14.9 Å². The third-order valence-corrected chi connectivity index (χ3v) is 3.17. The molecular weight excluding hydrogens is 285 g/mol. The van der Waals surface area contributed by atoms with Gasteiger partial charge in [0.15, 0.2) is 0 Å². The number of amides is 1. The van der Waals surface area contributed by atoms with E-state index in [1.807, 2.05) is 0 Å². The molecule has 2 heterocycles. The molecule has 0 unspecified atom stereocenters. The third-order valence-electron chi connectivity index (χ3n) is 3.17. The number of nitrogen functional groups attached to an aromatic ring is 1. The maximum absolute atomic E-state index is 12.1. The molecule has 1 aliphatic rings. The van der Waals surface area contributed by atoms with Crippen LogP contribution in [0.25, 0.3) is 5.57 Å². The highest BCUT2D eigenvalue weighted by molar-refractivity contribution is 5.78. The van der Waals surface area contributed by atoms with Gasteiger partial charge in [0.1, 0.15) is 5.82 Å². The zero-order valence-electron chi connectivity index (χ0n) is 11.2. The van der Waals surface area contributed by atoms with Gasteiger partial charge < -0.3 is 10.6 Å². The third kappa shape index (κ3) is 4.44. The van der Waals surface area contributed by atoms with Gasteiger partial charge in [0.05, 0.1) is 24.5 Å². The molecule has 0 spiro atoms. The lowest BCUT2D eigenvalue weighted by atomic mass is 10.0. The fraction of sp³-hybridized carbons (Fsp3) is 0.462. The summed E-state index contributed by atoms with van der Waals surface area (Å²) in [5.74, 6) is -0.182. The normalized spacial score (nSPS) is 15.8. The van der Waals surface area contributed by atoms with Gasteiger partial charge in [-0.15, -0.1) is 0 Å². The van der Waals surface area contributed by atoms with E-state index in [9.17, 15) is 18.0 Å². The number of carbonyl (C=O) groups excluding carboxylic acids is 1. The highest BCUT2D eigenvalue weighted by Gasteiger charge is 2.29. The summed E-state index contributed by atoms with van der Waals surface area (Å²) in [6.07, 6.45) is -0.592. The first-order valence-corrected chi connectivity index (χ1v) is 6.46. The van der Waals surface area contributed by atoms with Crippen LogP contribution in [0.5, 0.6) is 0 Å². The number of alkyl halides is 3. The minimum atomic E-state index is -4.30. The average Bonchev–Trinajstić information content (AvgIpc) is 2.44. The van der Waals surface area contributed by atoms with E-state index < -0.39 is 24.9 Å². The predicted molar refractivity (Wildman–Crippen MR) is 70.9 cm³/mol. The summed E-state index contributed by atoms with van der Waals surface area (Å²) in [7, 11) is 0. The predicted octanol–water partition coefficient (Wildman–Crippen LogP) is 2.02. The second-order valence-electron chi connectivity index (χ2n) is 4.76. The van der Waals surface area contributed by atoms with Crippen molar-refractivity contribution in [3.05, 3.63) is 24.2 Å². The minimum Gasteiger partial charge on any atom is -0.382 e. The molecule has 1 aromatic heterocycles. The van der Waals surface area contributed by atoms with Gasteiger partial charge in [-0.25, -0.2) is 4.98 Å². The molecule has 1 aromatic rings. The Bertz CT molecular complexity index is 557. The summed E-state index contributed by atoms with van der Waals surface area (Å²) in [5.41, 5.74) is 7.08. The van der Waals surface area contributed by atoms with E-state index in [2.05, 4.69) is 9.97 Å². The van der Waals surface area contributed by atoms with Crippen molar-refractivity contribution < 1.29 is 18.0 Å². The average molecular weight is 300 g/mol. The number of carbonyl (C=O) groups is 1. The summed E-state index contributed by atoms with van der Waals surface area (Å²) < 4.78 is 36.3. The Hall–Kier alpha value is -2.12. The second kappa shape index (κ2) is 6.11. The molecule has 0 saturated heterocycles. The zero-order valence-corrected chi connectivity index (χ0v) is 11.2. The van der Waals surface area contributed by atoms with Gasteiger partial charge >= 0.3 is 6.18 Å². The summed E-state index contributed by atoms with van der Waals surface area (Å²) in [5, 5.41) is 0. The molecule has 114 valence electrons. The van der Waals surface area contributed by atoms with Crippen LogP contribution in [0.1, 0.15) is 25.0 Å². The van der Waals surface area contributed by atoms with Crippen molar-refractivity contribution >= 4 is 17.3 Å². The molecule has 0 bridgehead atoms. The van der Waals surface area contributed by atoms with Crippen LogP contribution in [-0.4, -0.2) is 40.0 Å². The standard InChI is InChI=1S/C13H15F3N4O/c14-13(15,16)4-1-12(21)20-5-2-9(3-6-20)10-7-18-8-11(17)19-10/h2,7-8H,1,3-6H2,(H2,17,19). The lowest BCUT2D eigenvalue weighted by Gasteiger charge is -2.26. The molecule has 1 amide bonds. The molecule has 0 aromatic carbocycles. The SMILES string of the molecule is Nc1cncc(C2=CCN(C(=O)CCC(F)(F)F)CC2)n1. The van der Waals surface area contributed by atoms with Crippen LogP contribution < -0.4 is 5.73 Å². The van der Waals surface area contributed by atoms with Crippen molar-refractivity contribution in [2.75, 3.05) is 18.8 Å². The van der Waals surface area contributed by atoms with Gasteiger partial charge in [0.2, 0.25) is 5.91 Å². The highest BCUT2D eigenvalue weighted by Crippen LogP contribution is 2.24. The minimum absolute atomic E-state index is 0.280. The van der Waals surface area contributed by atoms with E-state index in [-0.39, 0.29) is 6.54 Å². The summed E-state index contributed by atoms with van der Waals surface area (Å²) in [6, 6.07) is 0. The Morgan fingerprint density at radius 3 is 2.71 bits per heavy atom. The molecule has 0 saturated carbocycles. The molecule has 2 rings (SSSR count). The van der Waals surface area contributed by atoms with Gasteiger partial charge in [-0.05, 0) is 12.0 Å². The van der Waals surface area contributed by atoms with Crippen LogP contribution in [-0.2, 0) is 4.79 Å². The van der Waals surface area contributed by atoms with Crippen molar-refractivity contribution in [3.63, 3.8) is 0 Å². The number of rotatable bonds is 3. The van der Waals surface area contributed by atoms with Crippen LogP contribution in [0.4, 0.5) is 19.0 Å². The zero-order chi connectivity index (χ0) is 15.5. The van der Waals surface area contributed by atoms with Crippen LogP contribution >= 0.6 is 0 Å². The molecule has 21 heavy (non-hydrogen) atoms. The van der Waals surface area contributed by atoms with Gasteiger partial charge in [-0.3, -0.25) is 9.78 Å². The van der Waals surface area contributed by atoms with Crippen molar-refractivity contribution in [3.8, 4) is 0 Å². The number of nitrogens with zero attached hydrogens (tertiary/aromatic N) is 3. The quantitative estimate of drug-likeness (QED) is 0.927. The number of anilines is 1. The fourth-order valence-electron chi connectivity index (χ4n) is 2.07. The molecule has 2 N–H and O–H groups in total. The number of hydrogen-bond acceptors (Lipinski definition) is 4. The smallest absolute Gasteiger partial charge is 0.382 e. The summed E-state index contributed by atoms with van der Waals surface area (Å²) in [4.78, 5) is 21.2. The van der Waals surface area contributed by atoms with Crippen LogP contribution in [0.2, 0.25) is 0 Å². The van der Waals surface area contributed by atoms with Gasteiger partial charge in [-0.2, -0.15) is 13.2 Å². The Kier molecular flexibility index (Phi) is 4.44. The van der Waals surface area contributed by atoms with Crippen LogP contribution in [0.3, 0.4) is 0 Å². The Morgan fingerprint density at radius 1 is 1.38 bits per heavy atom. The van der Waals surface area contributed by atoms with Crippen molar-refractivity contribution in [1.29, 1.82) is 0 Å². The van der Waals surface area contributed by atoms with Crippen LogP contribution in [0, 0.1) is 0 Å². The maximum atomic E-state index is 12.1. The van der Waals surface area contributed by atoms with Crippen LogP contribution in [0.15, 0.2) is 18.5 Å². The Labute approximate surface area is 119 Å². The van der Waals surface area contributed by atoms with Crippen molar-refractivity contribution in [2.24, 2.45) is 0 Å². The van der Waals surface area contributed by atoms with Crippen molar-refractivity contribution in [2.45, 2.75) is 25.4 Å². The van der Waals surface area contributed by atoms with E-state index in [1.54, 1.807) is 12.3 Å². The lowest BCUT2D eigenvalue weighted by Crippen LogP contribution is -2.35. The molecule has 8 heteroatoms. The summed E-state index contributed by atoms with van der Waals surface area (Å²) >= 11 is 0. The molecule has 5 nitrogen and oxygen atoms in total. The largest absolute Gasteiger partial charge is 0.389 e. The maximum Gasteiger partial charge on any atom is 0.389 e. The topological polar surface area (TPSA) is 72.1 Å². The number of hydrogen-bond donors (Lipinski definition) is 1. The van der Waals surface area contributed by atoms with Gasteiger partial charge in [0, 0.05) is 19.5 Å². The first-order chi connectivity index (χ1) is 9.85. The number of nitrogens with two attached hydrogens (primary N) is 1. The Balaban J connectivity index is 1.94. The molecule has 0 fully saturated rings. The van der Waals surface area contributed by atoms with E-state index in [4.69, 9.17) is 5.73 Å². The Morgan fingerprint density at radius 2 is 2.14 bits per heavy atom. The lowest BCUT2D eigenvalue weighted by molar-refractivity contribution is -0.148. The first kappa shape index (κ1) is 15.3.